The van der Waals surface area contributed by atoms with E-state index < -0.39 is 0 Å². The third-order valence-electron chi connectivity index (χ3n) is 4.49. The number of rotatable bonds is 5. The van der Waals surface area contributed by atoms with E-state index in [9.17, 15) is 4.79 Å². The van der Waals surface area contributed by atoms with Gasteiger partial charge in [0.1, 0.15) is 0 Å². The summed E-state index contributed by atoms with van der Waals surface area (Å²) in [5.74, 6) is 0.0814. The maximum absolute atomic E-state index is 12.7. The number of halogens is 1. The van der Waals surface area contributed by atoms with E-state index in [0.717, 1.165) is 30.5 Å². The van der Waals surface area contributed by atoms with Crippen LogP contribution in [0.3, 0.4) is 0 Å². The fourth-order valence-corrected chi connectivity index (χ4v) is 3.38. The first-order valence-corrected chi connectivity index (χ1v) is 9.04. The Morgan fingerprint density at radius 3 is 2.64 bits per heavy atom. The van der Waals surface area contributed by atoms with Gasteiger partial charge in [-0.2, -0.15) is 5.10 Å². The zero-order valence-electron chi connectivity index (χ0n) is 14.7. The quantitative estimate of drug-likeness (QED) is 0.737. The van der Waals surface area contributed by atoms with Gasteiger partial charge in [0, 0.05) is 17.9 Å². The van der Waals surface area contributed by atoms with Crippen LogP contribution in [-0.4, -0.2) is 22.2 Å². The Labute approximate surface area is 154 Å². The third kappa shape index (κ3) is 4.29. The molecule has 0 bridgehead atoms. The molecule has 3 nitrogen and oxygen atoms in total. The second-order valence-electron chi connectivity index (χ2n) is 7.09. The van der Waals surface area contributed by atoms with Gasteiger partial charge in [0.05, 0.1) is 11.3 Å². The molecule has 130 valence electrons. The van der Waals surface area contributed by atoms with Gasteiger partial charge in [-0.1, -0.05) is 54.1 Å². The molecule has 25 heavy (non-hydrogen) atoms. The summed E-state index contributed by atoms with van der Waals surface area (Å²) in [7, 11) is 0. The molecule has 0 saturated carbocycles. The fraction of sp³-hybridized carbons (Fsp3) is 0.333. The van der Waals surface area contributed by atoms with Gasteiger partial charge in [-0.3, -0.25) is 4.79 Å². The van der Waals surface area contributed by atoms with Crippen molar-refractivity contribution in [1.29, 1.82) is 0 Å². The summed E-state index contributed by atoms with van der Waals surface area (Å²) in [5, 5.41) is 6.97. The number of hydrogen-bond acceptors (Lipinski definition) is 2. The van der Waals surface area contributed by atoms with Crippen LogP contribution >= 0.6 is 11.6 Å². The summed E-state index contributed by atoms with van der Waals surface area (Å²) in [6.45, 7) is 4.12. The molecule has 0 spiro atoms. The van der Waals surface area contributed by atoms with Crippen molar-refractivity contribution in [3.05, 3.63) is 70.7 Å². The average molecular weight is 355 g/mol. The number of carbonyl (C=O) groups excluding carboxylic acids is 1. The highest BCUT2D eigenvalue weighted by Crippen LogP contribution is 2.31. The number of carbonyl (C=O) groups is 1. The van der Waals surface area contributed by atoms with E-state index in [1.165, 1.54) is 5.56 Å². The maximum atomic E-state index is 12.7. The Balaban J connectivity index is 1.66. The first-order valence-electron chi connectivity index (χ1n) is 8.66. The van der Waals surface area contributed by atoms with Gasteiger partial charge < -0.3 is 0 Å². The predicted molar refractivity (Wildman–Crippen MR) is 103 cm³/mol. The van der Waals surface area contributed by atoms with E-state index in [4.69, 9.17) is 11.6 Å². The van der Waals surface area contributed by atoms with E-state index in [1.54, 1.807) is 5.01 Å². The van der Waals surface area contributed by atoms with E-state index in [1.807, 2.05) is 42.5 Å². The van der Waals surface area contributed by atoms with Crippen molar-refractivity contribution in [3.8, 4) is 0 Å². The minimum absolute atomic E-state index is 0.0814. The van der Waals surface area contributed by atoms with Crippen LogP contribution in [-0.2, 0) is 11.2 Å². The second-order valence-corrected chi connectivity index (χ2v) is 7.53. The number of amides is 1. The molecule has 1 heterocycles. The summed E-state index contributed by atoms with van der Waals surface area (Å²) in [4.78, 5) is 12.7. The summed E-state index contributed by atoms with van der Waals surface area (Å²) in [6.07, 6.45) is 2.98. The molecule has 3 rings (SSSR count). The van der Waals surface area contributed by atoms with Crippen molar-refractivity contribution in [1.82, 2.24) is 5.01 Å². The van der Waals surface area contributed by atoms with Crippen LogP contribution in [0.25, 0.3) is 0 Å². The van der Waals surface area contributed by atoms with Crippen LogP contribution in [0.1, 0.15) is 44.2 Å². The number of hydrogen-bond donors (Lipinski definition) is 0. The third-order valence-corrected chi connectivity index (χ3v) is 4.72. The van der Waals surface area contributed by atoms with Gasteiger partial charge >= 0.3 is 0 Å². The Morgan fingerprint density at radius 2 is 1.92 bits per heavy atom. The number of benzene rings is 2. The molecule has 4 heteroatoms. The molecule has 0 aromatic heterocycles. The Bertz CT molecular complexity index is 783. The zero-order valence-corrected chi connectivity index (χ0v) is 15.5. The lowest BCUT2D eigenvalue weighted by atomic mass is 9.94. The molecule has 0 aliphatic carbocycles. The number of hydrazone groups is 1. The molecule has 0 radical (unpaired) electrons. The topological polar surface area (TPSA) is 32.7 Å². The monoisotopic (exact) mass is 354 g/mol. The van der Waals surface area contributed by atoms with Gasteiger partial charge in [0.25, 0.3) is 0 Å². The molecule has 1 amide bonds. The summed E-state index contributed by atoms with van der Waals surface area (Å²) in [5.41, 5.74) is 2.87. The van der Waals surface area contributed by atoms with Gasteiger partial charge in [0.15, 0.2) is 0 Å². The average Bonchev–Trinajstić information content (AvgIpc) is 2.91. The maximum Gasteiger partial charge on any atom is 0.243 e. The highest BCUT2D eigenvalue weighted by Gasteiger charge is 2.38. The van der Waals surface area contributed by atoms with E-state index in [2.05, 4.69) is 31.1 Å². The molecule has 2 aromatic rings. The first-order chi connectivity index (χ1) is 12.0. The lowest BCUT2D eigenvalue weighted by Gasteiger charge is -2.28. The molecule has 1 aliphatic heterocycles. The molecule has 0 saturated heterocycles. The standard InChI is InChI=1S/C21H23ClN2O/c1-21(2)15-19(17-11-7-12-18(22)14-17)23-24(21)20(25)13-6-10-16-8-4-3-5-9-16/h3-5,7-9,11-12,14H,6,10,13,15H2,1-2H3. The Morgan fingerprint density at radius 1 is 1.16 bits per heavy atom. The minimum Gasteiger partial charge on any atom is -0.273 e. The SMILES string of the molecule is CC1(C)CC(c2cccc(Cl)c2)=NN1C(=O)CCCc1ccccc1. The van der Waals surface area contributed by atoms with Crippen molar-refractivity contribution in [2.45, 2.75) is 45.1 Å². The van der Waals surface area contributed by atoms with Crippen LogP contribution in [0.4, 0.5) is 0 Å². The van der Waals surface area contributed by atoms with Crippen molar-refractivity contribution in [2.24, 2.45) is 5.10 Å². The molecule has 0 unspecified atom stereocenters. The fourth-order valence-electron chi connectivity index (χ4n) is 3.19. The molecular formula is C21H23ClN2O. The van der Waals surface area contributed by atoms with Crippen molar-refractivity contribution >= 4 is 23.2 Å². The normalized spacial score (nSPS) is 16.0. The predicted octanol–water partition coefficient (Wildman–Crippen LogP) is 5.08. The smallest absolute Gasteiger partial charge is 0.243 e. The van der Waals surface area contributed by atoms with E-state index >= 15 is 0 Å². The van der Waals surface area contributed by atoms with Gasteiger partial charge in [-0.05, 0) is 49.9 Å². The molecule has 0 N–H and O–H groups in total. The van der Waals surface area contributed by atoms with Gasteiger partial charge in [0.2, 0.25) is 5.91 Å². The summed E-state index contributed by atoms with van der Waals surface area (Å²) >= 11 is 6.08. The van der Waals surface area contributed by atoms with Crippen LogP contribution in [0.2, 0.25) is 5.02 Å². The highest BCUT2D eigenvalue weighted by atomic mass is 35.5. The first kappa shape index (κ1) is 17.7. The van der Waals surface area contributed by atoms with Crippen molar-refractivity contribution in [3.63, 3.8) is 0 Å². The lowest BCUT2D eigenvalue weighted by molar-refractivity contribution is -0.135. The summed E-state index contributed by atoms with van der Waals surface area (Å²) < 4.78 is 0. The molecule has 0 atom stereocenters. The van der Waals surface area contributed by atoms with Crippen LogP contribution in [0.15, 0.2) is 59.7 Å². The largest absolute Gasteiger partial charge is 0.273 e. The lowest BCUT2D eigenvalue weighted by Crippen LogP contribution is -2.40. The molecule has 2 aromatic carbocycles. The number of aryl methyl sites for hydroxylation is 1. The Hall–Kier alpha value is -2.13. The minimum atomic E-state index is -0.304. The van der Waals surface area contributed by atoms with Crippen molar-refractivity contribution < 1.29 is 4.79 Å². The van der Waals surface area contributed by atoms with Crippen LogP contribution in [0, 0.1) is 0 Å². The van der Waals surface area contributed by atoms with Gasteiger partial charge in [-0.25, -0.2) is 5.01 Å². The molecule has 1 aliphatic rings. The van der Waals surface area contributed by atoms with E-state index in [0.29, 0.717) is 11.4 Å². The van der Waals surface area contributed by atoms with Gasteiger partial charge in [-0.15, -0.1) is 0 Å². The van der Waals surface area contributed by atoms with Crippen LogP contribution < -0.4 is 0 Å². The van der Waals surface area contributed by atoms with E-state index in [-0.39, 0.29) is 11.4 Å². The highest BCUT2D eigenvalue weighted by molar-refractivity contribution is 6.31. The summed E-state index contributed by atoms with van der Waals surface area (Å²) in [6, 6.07) is 17.9. The molecule has 0 fully saturated rings. The van der Waals surface area contributed by atoms with Crippen molar-refractivity contribution in [2.75, 3.05) is 0 Å². The van der Waals surface area contributed by atoms with Crippen LogP contribution in [0.5, 0.6) is 0 Å². The zero-order chi connectivity index (χ0) is 17.9. The molecular weight excluding hydrogens is 332 g/mol. The number of nitrogens with zero attached hydrogens (tertiary/aromatic N) is 2. The Kier molecular flexibility index (Phi) is 5.24. The second kappa shape index (κ2) is 7.40.